The average molecular weight is 452 g/mol. The third-order valence-electron chi connectivity index (χ3n) is 4.44. The van der Waals surface area contributed by atoms with Gasteiger partial charge in [-0.15, -0.1) is 11.3 Å². The predicted octanol–water partition coefficient (Wildman–Crippen LogP) is 5.70. The van der Waals surface area contributed by atoms with Gasteiger partial charge < -0.3 is 9.26 Å². The Kier molecular flexibility index (Phi) is 6.59. The Morgan fingerprint density at radius 3 is 2.58 bits per heavy atom. The first-order chi connectivity index (χ1) is 14.5. The quantitative estimate of drug-likeness (QED) is 0.338. The van der Waals surface area contributed by atoms with E-state index in [0.717, 1.165) is 21.9 Å². The maximum absolute atomic E-state index is 12.9. The highest BCUT2D eigenvalue weighted by Crippen LogP contribution is 2.32. The van der Waals surface area contributed by atoms with Gasteiger partial charge in [0, 0.05) is 27.3 Å². The highest BCUT2D eigenvalue weighted by molar-refractivity contribution is 7.12. The van der Waals surface area contributed by atoms with Gasteiger partial charge in [-0.2, -0.15) is 18.2 Å². The molecule has 0 saturated carbocycles. The molecule has 0 bridgehead atoms. The molecule has 0 N–H and O–H groups in total. The summed E-state index contributed by atoms with van der Waals surface area (Å²) in [7, 11) is 0. The molecule has 2 aromatic heterocycles. The van der Waals surface area contributed by atoms with Crippen molar-refractivity contribution in [3.8, 4) is 11.4 Å². The molecule has 0 aliphatic heterocycles. The number of hydrogen-bond donors (Lipinski definition) is 0. The maximum atomic E-state index is 12.9. The first-order valence-corrected chi connectivity index (χ1v) is 10.2. The van der Waals surface area contributed by atoms with E-state index in [9.17, 15) is 22.8 Å². The Balaban J connectivity index is 1.59. The van der Waals surface area contributed by atoms with Crippen molar-refractivity contribution in [3.05, 3.63) is 57.1 Å². The van der Waals surface area contributed by atoms with Gasteiger partial charge in [-0.05, 0) is 39.0 Å². The minimum Gasteiger partial charge on any atom is -0.453 e. The lowest BCUT2D eigenvalue weighted by Crippen LogP contribution is -2.11. The molecule has 3 rings (SSSR count). The molecule has 0 amide bonds. The third-order valence-corrected chi connectivity index (χ3v) is 5.41. The molecule has 31 heavy (non-hydrogen) atoms. The summed E-state index contributed by atoms with van der Waals surface area (Å²) in [4.78, 5) is 30.3. The number of aryl methyl sites for hydroxylation is 2. The number of halogens is 3. The van der Waals surface area contributed by atoms with Gasteiger partial charge in [-0.3, -0.25) is 9.59 Å². The topological polar surface area (TPSA) is 82.3 Å². The molecular formula is C21H19F3N2O4S. The second kappa shape index (κ2) is 9.01. The number of esters is 1. The number of nitrogens with zero attached hydrogens (tertiary/aromatic N) is 2. The number of carbonyl (C=O) groups is 2. The standard InChI is InChI=1S/C21H19F3N2O4S/c1-11-9-16(13(3)31-11)17(27)7-8-18(28)29-12(2)20-25-19(26-30-20)14-5-4-6-15(10-14)21(22,23)24/h4-6,9-10,12H,7-8H2,1-3H3. The molecule has 1 atom stereocenters. The smallest absolute Gasteiger partial charge is 0.416 e. The zero-order chi connectivity index (χ0) is 22.8. The van der Waals surface area contributed by atoms with Crippen molar-refractivity contribution in [1.29, 1.82) is 0 Å². The van der Waals surface area contributed by atoms with E-state index in [-0.39, 0.29) is 35.9 Å². The van der Waals surface area contributed by atoms with E-state index in [2.05, 4.69) is 10.1 Å². The highest BCUT2D eigenvalue weighted by atomic mass is 32.1. The number of rotatable bonds is 7. The lowest BCUT2D eigenvalue weighted by molar-refractivity contribution is -0.149. The highest BCUT2D eigenvalue weighted by Gasteiger charge is 2.31. The molecule has 0 aliphatic rings. The SMILES string of the molecule is Cc1cc(C(=O)CCC(=O)OC(C)c2nc(-c3cccc(C(F)(F)F)c3)no2)c(C)s1. The number of carbonyl (C=O) groups excluding carboxylic acids is 2. The van der Waals surface area contributed by atoms with E-state index >= 15 is 0 Å². The number of Topliss-reactive ketones (excluding diaryl/α,β-unsaturated/α-hetero) is 1. The Morgan fingerprint density at radius 1 is 1.19 bits per heavy atom. The number of alkyl halides is 3. The summed E-state index contributed by atoms with van der Waals surface area (Å²) >= 11 is 1.52. The fourth-order valence-electron chi connectivity index (χ4n) is 2.92. The largest absolute Gasteiger partial charge is 0.453 e. The van der Waals surface area contributed by atoms with Gasteiger partial charge in [0.2, 0.25) is 5.82 Å². The van der Waals surface area contributed by atoms with E-state index in [0.29, 0.717) is 5.56 Å². The fourth-order valence-corrected chi connectivity index (χ4v) is 3.86. The molecule has 0 spiro atoms. The van der Waals surface area contributed by atoms with Crippen molar-refractivity contribution in [2.24, 2.45) is 0 Å². The van der Waals surface area contributed by atoms with Gasteiger partial charge in [0.15, 0.2) is 11.9 Å². The molecular weight excluding hydrogens is 433 g/mol. The van der Waals surface area contributed by atoms with Gasteiger partial charge in [0.05, 0.1) is 12.0 Å². The van der Waals surface area contributed by atoms with Crippen LogP contribution in [0.25, 0.3) is 11.4 Å². The minimum absolute atomic E-state index is 0.00187. The fraction of sp³-hybridized carbons (Fsp3) is 0.333. The molecule has 3 aromatic rings. The van der Waals surface area contributed by atoms with Crippen LogP contribution in [0, 0.1) is 13.8 Å². The zero-order valence-electron chi connectivity index (χ0n) is 16.9. The summed E-state index contributed by atoms with van der Waals surface area (Å²) in [6.45, 7) is 5.25. The van der Waals surface area contributed by atoms with Crippen molar-refractivity contribution in [1.82, 2.24) is 10.1 Å². The van der Waals surface area contributed by atoms with Crippen LogP contribution in [-0.4, -0.2) is 21.9 Å². The van der Waals surface area contributed by atoms with Crippen molar-refractivity contribution < 1.29 is 32.0 Å². The summed E-state index contributed by atoms with van der Waals surface area (Å²) in [5, 5.41) is 3.67. The van der Waals surface area contributed by atoms with E-state index in [4.69, 9.17) is 9.26 Å². The van der Waals surface area contributed by atoms with Gasteiger partial charge in [-0.1, -0.05) is 17.3 Å². The summed E-state index contributed by atoms with van der Waals surface area (Å²) < 4.78 is 48.9. The molecule has 0 saturated heterocycles. The lowest BCUT2D eigenvalue weighted by Gasteiger charge is -2.09. The molecule has 1 aromatic carbocycles. The monoisotopic (exact) mass is 452 g/mol. The number of ether oxygens (including phenoxy) is 1. The van der Waals surface area contributed by atoms with E-state index in [1.165, 1.54) is 30.4 Å². The molecule has 1 unspecified atom stereocenters. The number of aromatic nitrogens is 2. The van der Waals surface area contributed by atoms with Crippen LogP contribution < -0.4 is 0 Å². The van der Waals surface area contributed by atoms with Crippen LogP contribution in [0.2, 0.25) is 0 Å². The van der Waals surface area contributed by atoms with E-state index < -0.39 is 23.8 Å². The molecule has 0 radical (unpaired) electrons. The molecule has 6 nitrogen and oxygen atoms in total. The lowest BCUT2D eigenvalue weighted by atomic mass is 10.1. The van der Waals surface area contributed by atoms with E-state index in [1.807, 2.05) is 13.8 Å². The predicted molar refractivity (Wildman–Crippen MR) is 107 cm³/mol. The second-order valence-electron chi connectivity index (χ2n) is 6.92. The number of hydrogen-bond acceptors (Lipinski definition) is 7. The number of ketones is 1. The van der Waals surface area contributed by atoms with Crippen LogP contribution in [0.5, 0.6) is 0 Å². The number of benzene rings is 1. The number of thiophene rings is 1. The third kappa shape index (κ3) is 5.57. The van der Waals surface area contributed by atoms with Crippen molar-refractivity contribution >= 4 is 23.1 Å². The molecule has 2 heterocycles. The second-order valence-corrected chi connectivity index (χ2v) is 8.38. The van der Waals surface area contributed by atoms with Crippen LogP contribution in [0.15, 0.2) is 34.9 Å². The summed E-state index contributed by atoms with van der Waals surface area (Å²) in [5.74, 6) is -0.876. The van der Waals surface area contributed by atoms with Crippen molar-refractivity contribution in [2.45, 2.75) is 45.9 Å². The van der Waals surface area contributed by atoms with Gasteiger partial charge >= 0.3 is 12.1 Å². The Hall–Kier alpha value is -3.01. The van der Waals surface area contributed by atoms with Crippen molar-refractivity contribution in [3.63, 3.8) is 0 Å². The van der Waals surface area contributed by atoms with Gasteiger partial charge in [0.1, 0.15) is 0 Å². The Labute approximate surface area is 180 Å². The molecule has 0 aliphatic carbocycles. The first kappa shape index (κ1) is 22.7. The maximum Gasteiger partial charge on any atom is 0.416 e. The van der Waals surface area contributed by atoms with Crippen LogP contribution in [0.3, 0.4) is 0 Å². The van der Waals surface area contributed by atoms with Crippen LogP contribution >= 0.6 is 11.3 Å². The van der Waals surface area contributed by atoms with Crippen LogP contribution in [0.1, 0.15) is 57.4 Å². The molecule has 164 valence electrons. The van der Waals surface area contributed by atoms with Crippen molar-refractivity contribution in [2.75, 3.05) is 0 Å². The Bertz CT molecular complexity index is 1100. The molecule has 10 heteroatoms. The van der Waals surface area contributed by atoms with E-state index in [1.54, 1.807) is 6.07 Å². The summed E-state index contributed by atoms with van der Waals surface area (Å²) in [6, 6.07) is 6.30. The minimum atomic E-state index is -4.50. The normalized spacial score (nSPS) is 12.6. The first-order valence-electron chi connectivity index (χ1n) is 9.35. The zero-order valence-corrected chi connectivity index (χ0v) is 17.8. The summed E-state index contributed by atoms with van der Waals surface area (Å²) in [6.07, 6.45) is -5.53. The summed E-state index contributed by atoms with van der Waals surface area (Å²) in [5.41, 5.74) is -0.113. The van der Waals surface area contributed by atoms with Gasteiger partial charge in [0.25, 0.3) is 5.89 Å². The van der Waals surface area contributed by atoms with Crippen LogP contribution in [-0.2, 0) is 15.7 Å². The van der Waals surface area contributed by atoms with Crippen LogP contribution in [0.4, 0.5) is 13.2 Å². The van der Waals surface area contributed by atoms with Gasteiger partial charge in [-0.25, -0.2) is 0 Å². The molecule has 0 fully saturated rings. The average Bonchev–Trinajstić information content (AvgIpc) is 3.32. The Morgan fingerprint density at radius 2 is 1.94 bits per heavy atom.